The molecule has 2 aliphatic rings. The number of carbonyl (C=O) groups is 2. The van der Waals surface area contributed by atoms with Crippen LogP contribution in [-0.4, -0.2) is 54.3 Å². The lowest BCUT2D eigenvalue weighted by Gasteiger charge is -2.39. The van der Waals surface area contributed by atoms with E-state index < -0.39 is 11.9 Å². The molecule has 2 aliphatic heterocycles. The summed E-state index contributed by atoms with van der Waals surface area (Å²) in [5.74, 6) is -0.606. The SMILES string of the molecule is COc1cccc(C(C)C(=O)N2CCC3(CC2)CC(C(=O)O)CO3)c1. The third-order valence-electron chi connectivity index (χ3n) is 5.51. The Morgan fingerprint density at radius 3 is 2.68 bits per heavy atom. The number of piperidine rings is 1. The fourth-order valence-corrected chi connectivity index (χ4v) is 3.81. The Morgan fingerprint density at radius 1 is 1.36 bits per heavy atom. The smallest absolute Gasteiger partial charge is 0.308 e. The van der Waals surface area contributed by atoms with Gasteiger partial charge in [-0.1, -0.05) is 12.1 Å². The Morgan fingerprint density at radius 2 is 2.08 bits per heavy atom. The molecule has 0 aliphatic carbocycles. The number of carbonyl (C=O) groups excluding carboxylic acids is 1. The van der Waals surface area contributed by atoms with Crippen molar-refractivity contribution >= 4 is 11.9 Å². The number of amides is 1. The number of carboxylic acid groups (broad SMARTS) is 1. The van der Waals surface area contributed by atoms with Crippen molar-refractivity contribution in [3.05, 3.63) is 29.8 Å². The van der Waals surface area contributed by atoms with Crippen LogP contribution in [0.25, 0.3) is 0 Å². The second-order valence-corrected chi connectivity index (χ2v) is 7.06. The molecule has 2 saturated heterocycles. The minimum Gasteiger partial charge on any atom is -0.497 e. The van der Waals surface area contributed by atoms with Gasteiger partial charge in [0.05, 0.1) is 31.2 Å². The number of rotatable bonds is 4. The Labute approximate surface area is 147 Å². The highest BCUT2D eigenvalue weighted by Crippen LogP contribution is 2.39. The van der Waals surface area contributed by atoms with Crippen molar-refractivity contribution in [1.82, 2.24) is 4.90 Å². The number of nitrogens with zero attached hydrogens (tertiary/aromatic N) is 1. The van der Waals surface area contributed by atoms with E-state index in [0.717, 1.165) is 11.3 Å². The molecule has 0 aromatic heterocycles. The normalized spacial score (nSPS) is 23.4. The molecule has 1 spiro atoms. The van der Waals surface area contributed by atoms with E-state index in [1.54, 1.807) is 7.11 Å². The highest BCUT2D eigenvalue weighted by molar-refractivity contribution is 5.83. The maximum Gasteiger partial charge on any atom is 0.308 e. The van der Waals surface area contributed by atoms with Gasteiger partial charge >= 0.3 is 5.97 Å². The molecule has 2 fully saturated rings. The quantitative estimate of drug-likeness (QED) is 0.904. The Balaban J connectivity index is 1.60. The van der Waals surface area contributed by atoms with Crippen LogP contribution < -0.4 is 4.74 Å². The van der Waals surface area contributed by atoms with E-state index in [-0.39, 0.29) is 24.0 Å². The number of hydrogen-bond donors (Lipinski definition) is 1. The Kier molecular flexibility index (Phi) is 4.99. The molecule has 0 bridgehead atoms. The summed E-state index contributed by atoms with van der Waals surface area (Å²) in [5, 5.41) is 9.15. The Bertz CT molecular complexity index is 651. The average Bonchev–Trinajstić information content (AvgIpc) is 3.05. The van der Waals surface area contributed by atoms with Crippen molar-refractivity contribution in [2.75, 3.05) is 26.8 Å². The third-order valence-corrected chi connectivity index (χ3v) is 5.51. The summed E-state index contributed by atoms with van der Waals surface area (Å²) >= 11 is 0. The summed E-state index contributed by atoms with van der Waals surface area (Å²) in [4.78, 5) is 25.8. The standard InChI is InChI=1S/C19H25NO5/c1-13(14-4-3-5-16(10-14)24-2)17(21)20-8-6-19(7-9-20)11-15(12-25-19)18(22)23/h3-5,10,13,15H,6-9,11-12H2,1-2H3,(H,22,23). The molecular formula is C19H25NO5. The number of hydrogen-bond acceptors (Lipinski definition) is 4. The van der Waals surface area contributed by atoms with Crippen LogP contribution in [0, 0.1) is 5.92 Å². The van der Waals surface area contributed by atoms with Crippen LogP contribution >= 0.6 is 0 Å². The van der Waals surface area contributed by atoms with E-state index in [2.05, 4.69) is 0 Å². The van der Waals surface area contributed by atoms with E-state index in [9.17, 15) is 9.59 Å². The number of aliphatic carboxylic acids is 1. The van der Waals surface area contributed by atoms with Gasteiger partial charge in [-0.2, -0.15) is 0 Å². The van der Waals surface area contributed by atoms with Crippen molar-refractivity contribution in [2.24, 2.45) is 5.92 Å². The van der Waals surface area contributed by atoms with Gasteiger partial charge in [-0.15, -0.1) is 0 Å². The summed E-state index contributed by atoms with van der Waals surface area (Å²) in [5.41, 5.74) is 0.576. The molecule has 1 amide bonds. The maximum atomic E-state index is 12.8. The lowest BCUT2D eigenvalue weighted by Crippen LogP contribution is -2.47. The fraction of sp³-hybridized carbons (Fsp3) is 0.579. The van der Waals surface area contributed by atoms with Gasteiger partial charge in [0.25, 0.3) is 0 Å². The van der Waals surface area contributed by atoms with Crippen molar-refractivity contribution in [1.29, 1.82) is 0 Å². The van der Waals surface area contributed by atoms with E-state index in [4.69, 9.17) is 14.6 Å². The van der Waals surface area contributed by atoms with Crippen LogP contribution in [0.3, 0.4) is 0 Å². The van der Waals surface area contributed by atoms with Gasteiger partial charge < -0.3 is 19.5 Å². The van der Waals surface area contributed by atoms with Gasteiger partial charge in [0.2, 0.25) is 5.91 Å². The number of benzene rings is 1. The zero-order valence-corrected chi connectivity index (χ0v) is 14.7. The molecule has 1 aromatic carbocycles. The van der Waals surface area contributed by atoms with Gasteiger partial charge in [-0.3, -0.25) is 9.59 Å². The molecule has 136 valence electrons. The molecule has 1 N–H and O–H groups in total. The van der Waals surface area contributed by atoms with Gasteiger partial charge in [0, 0.05) is 13.1 Å². The molecule has 0 saturated carbocycles. The molecular weight excluding hydrogens is 322 g/mol. The van der Waals surface area contributed by atoms with Crippen LogP contribution in [0.2, 0.25) is 0 Å². The first kappa shape index (κ1) is 17.7. The van der Waals surface area contributed by atoms with Crippen molar-refractivity contribution in [3.63, 3.8) is 0 Å². The molecule has 1 aromatic rings. The van der Waals surface area contributed by atoms with Crippen LogP contribution in [0.4, 0.5) is 0 Å². The van der Waals surface area contributed by atoms with Crippen molar-refractivity contribution in [2.45, 2.75) is 37.7 Å². The number of methoxy groups -OCH3 is 1. The first-order valence-electron chi connectivity index (χ1n) is 8.73. The molecule has 3 rings (SSSR count). The maximum absolute atomic E-state index is 12.8. The monoisotopic (exact) mass is 347 g/mol. The molecule has 6 heteroatoms. The molecule has 0 radical (unpaired) electrons. The Hall–Kier alpha value is -2.08. The van der Waals surface area contributed by atoms with Crippen LogP contribution in [0.15, 0.2) is 24.3 Å². The first-order valence-corrected chi connectivity index (χ1v) is 8.73. The van der Waals surface area contributed by atoms with Crippen LogP contribution in [-0.2, 0) is 14.3 Å². The zero-order valence-electron chi connectivity index (χ0n) is 14.7. The molecule has 2 atom stereocenters. The fourth-order valence-electron chi connectivity index (χ4n) is 3.81. The van der Waals surface area contributed by atoms with Gasteiger partial charge in [0.1, 0.15) is 5.75 Å². The molecule has 6 nitrogen and oxygen atoms in total. The predicted octanol–water partition coefficient (Wildman–Crippen LogP) is 2.28. The van der Waals surface area contributed by atoms with Gasteiger partial charge in [-0.25, -0.2) is 0 Å². The van der Waals surface area contributed by atoms with Crippen molar-refractivity contribution < 1.29 is 24.2 Å². The van der Waals surface area contributed by atoms with Crippen molar-refractivity contribution in [3.8, 4) is 5.75 Å². The lowest BCUT2D eigenvalue weighted by molar-refractivity contribution is -0.141. The predicted molar refractivity (Wildman–Crippen MR) is 91.6 cm³/mol. The van der Waals surface area contributed by atoms with Gasteiger partial charge in [0.15, 0.2) is 0 Å². The average molecular weight is 347 g/mol. The van der Waals surface area contributed by atoms with E-state index in [1.165, 1.54) is 0 Å². The first-order chi connectivity index (χ1) is 11.9. The zero-order chi connectivity index (χ0) is 18.0. The second-order valence-electron chi connectivity index (χ2n) is 7.06. The highest BCUT2D eigenvalue weighted by atomic mass is 16.5. The summed E-state index contributed by atoms with van der Waals surface area (Å²) in [6.45, 7) is 3.41. The number of ether oxygens (including phenoxy) is 2. The third kappa shape index (κ3) is 3.63. The number of carboxylic acids is 1. The topological polar surface area (TPSA) is 76.1 Å². The summed E-state index contributed by atoms with van der Waals surface area (Å²) in [7, 11) is 1.61. The van der Waals surface area contributed by atoms with E-state index in [1.807, 2.05) is 36.1 Å². The molecule has 2 unspecified atom stereocenters. The summed E-state index contributed by atoms with van der Waals surface area (Å²) < 4.78 is 11.1. The molecule has 2 heterocycles. The second kappa shape index (κ2) is 7.04. The van der Waals surface area contributed by atoms with E-state index >= 15 is 0 Å². The summed E-state index contributed by atoms with van der Waals surface area (Å²) in [6.07, 6.45) is 1.95. The molecule has 25 heavy (non-hydrogen) atoms. The van der Waals surface area contributed by atoms with Gasteiger partial charge in [-0.05, 0) is 43.9 Å². The van der Waals surface area contributed by atoms with Crippen LogP contribution in [0.1, 0.15) is 37.7 Å². The number of likely N-dealkylation sites (tertiary alicyclic amines) is 1. The highest BCUT2D eigenvalue weighted by Gasteiger charge is 2.45. The van der Waals surface area contributed by atoms with E-state index in [0.29, 0.717) is 32.4 Å². The lowest BCUT2D eigenvalue weighted by atomic mass is 9.85. The summed E-state index contributed by atoms with van der Waals surface area (Å²) in [6, 6.07) is 7.59. The minimum atomic E-state index is -0.790. The minimum absolute atomic E-state index is 0.0934. The van der Waals surface area contributed by atoms with Crippen LogP contribution in [0.5, 0.6) is 5.75 Å². The largest absolute Gasteiger partial charge is 0.497 e.